The van der Waals surface area contributed by atoms with Crippen LogP contribution in [0.3, 0.4) is 0 Å². The van der Waals surface area contributed by atoms with Crippen molar-refractivity contribution in [2.45, 2.75) is 74.1 Å². The number of nitrogens with zero attached hydrogens (tertiary/aromatic N) is 3. The molecule has 6 nitrogen and oxygen atoms in total. The van der Waals surface area contributed by atoms with Crippen molar-refractivity contribution in [1.29, 1.82) is 0 Å². The van der Waals surface area contributed by atoms with Gasteiger partial charge in [-0.25, -0.2) is 4.98 Å². The molecule has 0 spiro atoms. The predicted octanol–water partition coefficient (Wildman–Crippen LogP) is 3.34. The van der Waals surface area contributed by atoms with E-state index in [0.717, 1.165) is 74.6 Å². The van der Waals surface area contributed by atoms with Crippen LogP contribution in [-0.4, -0.2) is 50.3 Å². The molecule has 0 bridgehead atoms. The lowest BCUT2D eigenvalue weighted by atomic mass is 9.77. The molecule has 1 saturated carbocycles. The van der Waals surface area contributed by atoms with Crippen LogP contribution in [-0.2, 0) is 30.1 Å². The number of nitrogens with one attached hydrogen (secondary N) is 1. The van der Waals surface area contributed by atoms with Gasteiger partial charge in [-0.1, -0.05) is 18.2 Å². The number of piperidine rings is 1. The molecule has 1 aromatic heterocycles. The fraction of sp³-hybridized carbons (Fsp3) is 0.600. The summed E-state index contributed by atoms with van der Waals surface area (Å²) in [4.78, 5) is 12.9. The van der Waals surface area contributed by atoms with E-state index in [1.807, 2.05) is 0 Å². The third-order valence-corrected chi connectivity index (χ3v) is 9.58. The first-order valence-electron chi connectivity index (χ1n) is 12.2. The standard InChI is InChI=1S/C25H32N4O2S/c30-16-25(10-2-11-25)28-23-22-21(3-1-14-32(22)31)26-24(27-23)29-12-8-18(9-13-29)20-7-5-17-4-6-19(17)15-20/h5,7,15,18,30H,1-4,6,8-14,16H2,(H,26,27,28). The number of aliphatic hydroxyl groups is 1. The Morgan fingerprint density at radius 3 is 2.56 bits per heavy atom. The number of benzene rings is 1. The summed E-state index contributed by atoms with van der Waals surface area (Å²) in [5.74, 6) is 2.73. The highest BCUT2D eigenvalue weighted by Crippen LogP contribution is 2.39. The van der Waals surface area contributed by atoms with Crippen LogP contribution >= 0.6 is 0 Å². The molecule has 1 atom stereocenters. The number of anilines is 2. The van der Waals surface area contributed by atoms with Gasteiger partial charge in [-0.05, 0) is 80.4 Å². The van der Waals surface area contributed by atoms with Gasteiger partial charge in [0.2, 0.25) is 5.95 Å². The fourth-order valence-corrected chi connectivity index (χ4v) is 6.98. The van der Waals surface area contributed by atoms with Gasteiger partial charge in [0.25, 0.3) is 0 Å². The summed E-state index contributed by atoms with van der Waals surface area (Å²) < 4.78 is 12.8. The third-order valence-electron chi connectivity index (χ3n) is 8.04. The Kier molecular flexibility index (Phi) is 5.22. The average Bonchev–Trinajstić information content (AvgIpc) is 2.77. The number of fused-ring (bicyclic) bond motifs is 2. The van der Waals surface area contributed by atoms with Crippen LogP contribution in [0.25, 0.3) is 0 Å². The van der Waals surface area contributed by atoms with Crippen LogP contribution in [0.4, 0.5) is 11.8 Å². The van der Waals surface area contributed by atoms with Crippen molar-refractivity contribution in [3.05, 3.63) is 40.6 Å². The smallest absolute Gasteiger partial charge is 0.227 e. The molecule has 1 saturated heterocycles. The highest BCUT2D eigenvalue weighted by molar-refractivity contribution is 7.85. The normalized spacial score (nSPS) is 24.2. The molecule has 2 N–H and O–H groups in total. The van der Waals surface area contributed by atoms with Gasteiger partial charge in [-0.3, -0.25) is 4.21 Å². The van der Waals surface area contributed by atoms with Gasteiger partial charge in [-0.2, -0.15) is 4.98 Å². The van der Waals surface area contributed by atoms with Gasteiger partial charge in [-0.15, -0.1) is 0 Å². The molecule has 0 amide bonds. The van der Waals surface area contributed by atoms with Crippen LogP contribution < -0.4 is 10.2 Å². The molecule has 170 valence electrons. The Bertz CT molecular complexity index is 1050. The number of aliphatic hydroxyl groups excluding tert-OH is 1. The number of rotatable bonds is 5. The Labute approximate surface area is 192 Å². The summed E-state index contributed by atoms with van der Waals surface area (Å²) in [5.41, 5.74) is 5.17. The predicted molar refractivity (Wildman–Crippen MR) is 127 cm³/mol. The highest BCUT2D eigenvalue weighted by Gasteiger charge is 2.38. The minimum absolute atomic E-state index is 0.0833. The van der Waals surface area contributed by atoms with Gasteiger partial charge in [0, 0.05) is 18.8 Å². The molecular formula is C25H32N4O2S. The Morgan fingerprint density at radius 1 is 1.09 bits per heavy atom. The van der Waals surface area contributed by atoms with Gasteiger partial charge in [0.1, 0.15) is 10.7 Å². The monoisotopic (exact) mass is 452 g/mol. The second-order valence-electron chi connectivity index (χ2n) is 10.0. The molecule has 7 heteroatoms. The molecule has 6 rings (SSSR count). The minimum atomic E-state index is -1.07. The van der Waals surface area contributed by atoms with Crippen molar-refractivity contribution in [2.75, 3.05) is 35.7 Å². The van der Waals surface area contributed by atoms with E-state index in [2.05, 4.69) is 28.4 Å². The van der Waals surface area contributed by atoms with Crippen LogP contribution in [0.1, 0.15) is 66.8 Å². The van der Waals surface area contributed by atoms with Crippen molar-refractivity contribution >= 4 is 22.6 Å². The molecule has 3 heterocycles. The molecule has 32 heavy (non-hydrogen) atoms. The van der Waals surface area contributed by atoms with Crippen LogP contribution in [0.2, 0.25) is 0 Å². The molecule has 1 unspecified atom stereocenters. The van der Waals surface area contributed by atoms with E-state index < -0.39 is 10.8 Å². The molecule has 2 aliphatic heterocycles. The first-order chi connectivity index (χ1) is 15.6. The van der Waals surface area contributed by atoms with Crippen molar-refractivity contribution in [1.82, 2.24) is 9.97 Å². The van der Waals surface area contributed by atoms with Crippen molar-refractivity contribution < 1.29 is 9.32 Å². The SMILES string of the molecule is O=S1CCCc2nc(N3CCC(c4ccc5c(c4)CC5)CC3)nc(NC3(CO)CCC3)c21. The van der Waals surface area contributed by atoms with Crippen LogP contribution in [0.15, 0.2) is 23.1 Å². The first-order valence-corrected chi connectivity index (χ1v) is 13.5. The van der Waals surface area contributed by atoms with E-state index in [4.69, 9.17) is 9.97 Å². The number of hydrogen-bond donors (Lipinski definition) is 2. The van der Waals surface area contributed by atoms with E-state index in [9.17, 15) is 9.32 Å². The summed E-state index contributed by atoms with van der Waals surface area (Å²) in [6, 6.07) is 7.08. The summed E-state index contributed by atoms with van der Waals surface area (Å²) in [6.07, 6.45) is 9.40. The molecule has 2 aromatic rings. The largest absolute Gasteiger partial charge is 0.394 e. The van der Waals surface area contributed by atoms with Crippen LogP contribution in [0, 0.1) is 0 Å². The second-order valence-corrected chi connectivity index (χ2v) is 11.5. The summed E-state index contributed by atoms with van der Waals surface area (Å²) in [7, 11) is -1.07. The lowest BCUT2D eigenvalue weighted by Gasteiger charge is -2.42. The summed E-state index contributed by atoms with van der Waals surface area (Å²) >= 11 is 0. The van der Waals surface area contributed by atoms with E-state index in [1.165, 1.54) is 24.0 Å². The Morgan fingerprint density at radius 2 is 1.91 bits per heavy atom. The van der Waals surface area contributed by atoms with E-state index >= 15 is 0 Å². The Balaban J connectivity index is 1.24. The van der Waals surface area contributed by atoms with Gasteiger partial charge >= 0.3 is 0 Å². The molecule has 4 aliphatic rings. The maximum atomic E-state index is 12.8. The zero-order chi connectivity index (χ0) is 21.7. The summed E-state index contributed by atoms with van der Waals surface area (Å²) in [6.45, 7) is 1.96. The lowest BCUT2D eigenvalue weighted by molar-refractivity contribution is 0.143. The average molecular weight is 453 g/mol. The summed E-state index contributed by atoms with van der Waals surface area (Å²) in [5, 5.41) is 13.5. The second kappa shape index (κ2) is 8.10. The third kappa shape index (κ3) is 3.54. The highest BCUT2D eigenvalue weighted by atomic mass is 32.2. The van der Waals surface area contributed by atoms with E-state index in [1.54, 1.807) is 5.56 Å². The van der Waals surface area contributed by atoms with Gasteiger partial charge in [0.15, 0.2) is 0 Å². The topological polar surface area (TPSA) is 78.4 Å². The Hall–Kier alpha value is -1.99. The maximum Gasteiger partial charge on any atom is 0.227 e. The number of aryl methyl sites for hydroxylation is 3. The number of hydrogen-bond acceptors (Lipinski definition) is 6. The quantitative estimate of drug-likeness (QED) is 0.725. The van der Waals surface area contributed by atoms with E-state index in [0.29, 0.717) is 17.5 Å². The zero-order valence-corrected chi connectivity index (χ0v) is 19.4. The molecular weight excluding hydrogens is 420 g/mol. The van der Waals surface area contributed by atoms with Crippen molar-refractivity contribution in [3.63, 3.8) is 0 Å². The van der Waals surface area contributed by atoms with Crippen LogP contribution in [0.5, 0.6) is 0 Å². The zero-order valence-electron chi connectivity index (χ0n) is 18.6. The molecule has 1 aromatic carbocycles. The van der Waals surface area contributed by atoms with E-state index in [-0.39, 0.29) is 12.1 Å². The van der Waals surface area contributed by atoms with Gasteiger partial charge < -0.3 is 15.3 Å². The maximum absolute atomic E-state index is 12.8. The first kappa shape index (κ1) is 20.6. The van der Waals surface area contributed by atoms with Crippen molar-refractivity contribution in [2.24, 2.45) is 0 Å². The minimum Gasteiger partial charge on any atom is -0.394 e. The lowest BCUT2D eigenvalue weighted by Crippen LogP contribution is -2.49. The number of aromatic nitrogens is 2. The molecule has 2 aliphatic carbocycles. The molecule has 2 fully saturated rings. The van der Waals surface area contributed by atoms with Gasteiger partial charge in [0.05, 0.1) is 28.6 Å². The van der Waals surface area contributed by atoms with Crippen molar-refractivity contribution in [3.8, 4) is 0 Å². The molecule has 0 radical (unpaired) electrons. The fourth-order valence-electron chi connectivity index (χ4n) is 5.65.